The lowest BCUT2D eigenvalue weighted by Gasteiger charge is -2.21. The van der Waals surface area contributed by atoms with Gasteiger partial charge in [-0.2, -0.15) is 0 Å². The third-order valence-electron chi connectivity index (χ3n) is 10.4. The fourth-order valence-electron chi connectivity index (χ4n) is 7.97. The number of carbonyl (C=O) groups is 1. The number of H-pyrrole nitrogens is 2. The largest absolute Gasteiger partial charge is 0.376 e. The van der Waals surface area contributed by atoms with Gasteiger partial charge in [0.25, 0.3) is 0 Å². The van der Waals surface area contributed by atoms with Gasteiger partial charge in [0.15, 0.2) is 0 Å². The zero-order valence-electron chi connectivity index (χ0n) is 31.4. The molecule has 0 atom stereocenters. The van der Waals surface area contributed by atoms with Crippen molar-refractivity contribution in [1.82, 2.24) is 34.6 Å². The molecule has 0 aliphatic carbocycles. The van der Waals surface area contributed by atoms with E-state index in [1.165, 1.54) is 23.6 Å². The zero-order valence-corrected chi connectivity index (χ0v) is 31.4. The fourth-order valence-corrected chi connectivity index (χ4v) is 7.97. The second-order valence-electron chi connectivity index (χ2n) is 14.6. The number of rotatable bonds is 5. The normalized spacial score (nSPS) is 16.1. The van der Waals surface area contributed by atoms with E-state index in [9.17, 15) is 4.79 Å². The van der Waals surface area contributed by atoms with Crippen molar-refractivity contribution in [2.45, 2.75) is 6.92 Å². The van der Waals surface area contributed by atoms with Crippen LogP contribution in [-0.4, -0.2) is 81.3 Å². The van der Waals surface area contributed by atoms with E-state index in [0.29, 0.717) is 0 Å². The second kappa shape index (κ2) is 13.8. The van der Waals surface area contributed by atoms with Crippen molar-refractivity contribution < 1.29 is 4.79 Å². The molecule has 9 heteroatoms. The lowest BCUT2D eigenvalue weighted by atomic mass is 10.0. The Bertz CT molecular complexity index is 2640. The molecule has 4 aromatic rings. The van der Waals surface area contributed by atoms with Crippen LogP contribution in [0.1, 0.15) is 46.4 Å². The SMILES string of the molecule is CC(=O)Nc1ccc(-c2c3nc(c(C4=CC=CN(C)C4)c4ccc([nH]4)c(C4=CC=CN(C)C4)c4nc(c(C5=CC=CN(C)C5)c5ccc2[nH]5)C=C4)C=C3)cc1. The Hall–Kier alpha value is -6.87. The Morgan fingerprint density at radius 3 is 1.27 bits per heavy atom. The standard InChI is InChI=1S/C46H42N8O/c1-29(55)47-34-13-11-30(12-14-34)43-35-15-17-37(48-35)44(31-8-5-23-52(2)26-31)39-19-21-41(50-39)46(33-10-7-25-54(4)28-33)42-22-20-40(51-42)45(38-18-16-36(43)49-38)32-9-6-24-53(3)27-32/h5-25,48,51H,26-28H2,1-4H3,(H,47,55). The molecule has 8 heterocycles. The highest BCUT2D eigenvalue weighted by Crippen LogP contribution is 2.37. The van der Waals surface area contributed by atoms with Crippen LogP contribution < -0.4 is 5.32 Å². The maximum Gasteiger partial charge on any atom is 0.221 e. The van der Waals surface area contributed by atoms with Gasteiger partial charge in [-0.25, -0.2) is 9.97 Å². The molecule has 3 N–H and O–H groups in total. The van der Waals surface area contributed by atoms with Crippen LogP contribution in [0.4, 0.5) is 5.69 Å². The number of fused-ring (bicyclic) bond motifs is 8. The number of hydrogen-bond donors (Lipinski definition) is 3. The zero-order chi connectivity index (χ0) is 37.6. The quantitative estimate of drug-likeness (QED) is 0.165. The summed E-state index contributed by atoms with van der Waals surface area (Å²) in [6, 6.07) is 16.6. The van der Waals surface area contributed by atoms with E-state index in [1.807, 2.05) is 24.3 Å². The molecule has 0 fully saturated rings. The van der Waals surface area contributed by atoms with E-state index < -0.39 is 0 Å². The number of allylic oxidation sites excluding steroid dienone is 6. The average Bonchev–Trinajstić information content (AvgIpc) is 4.00. The third kappa shape index (κ3) is 6.54. The van der Waals surface area contributed by atoms with Crippen LogP contribution in [0.25, 0.3) is 74.2 Å². The molecule has 8 bridgehead atoms. The van der Waals surface area contributed by atoms with Crippen LogP contribution >= 0.6 is 0 Å². The Labute approximate surface area is 320 Å². The first-order valence-electron chi connectivity index (χ1n) is 18.6. The number of carbonyl (C=O) groups excluding carboxylic acids is 1. The second-order valence-corrected chi connectivity index (χ2v) is 14.6. The molecule has 3 aromatic heterocycles. The van der Waals surface area contributed by atoms with Crippen LogP contribution in [0.2, 0.25) is 0 Å². The van der Waals surface area contributed by atoms with Gasteiger partial charge >= 0.3 is 0 Å². The molecule has 9 rings (SSSR count). The van der Waals surface area contributed by atoms with Gasteiger partial charge in [0.2, 0.25) is 5.91 Å². The summed E-state index contributed by atoms with van der Waals surface area (Å²) in [7, 11) is 6.29. The Balaban J connectivity index is 1.41. The number of anilines is 1. The van der Waals surface area contributed by atoms with E-state index in [1.54, 1.807) is 0 Å². The number of nitrogens with one attached hydrogen (secondary N) is 3. The molecular weight excluding hydrogens is 681 g/mol. The van der Waals surface area contributed by atoms with E-state index in [-0.39, 0.29) is 5.91 Å². The summed E-state index contributed by atoms with van der Waals surface area (Å²) in [5.41, 5.74) is 16.8. The van der Waals surface area contributed by atoms with Gasteiger partial charge in [-0.05, 0) is 120 Å². The minimum atomic E-state index is -0.108. The molecule has 1 aromatic carbocycles. The van der Waals surface area contributed by atoms with E-state index in [2.05, 4.69) is 155 Å². The topological polar surface area (TPSA) is 96.2 Å². The molecule has 1 amide bonds. The van der Waals surface area contributed by atoms with Crippen molar-refractivity contribution in [3.8, 4) is 11.1 Å². The molecule has 0 spiro atoms. The predicted molar refractivity (Wildman–Crippen MR) is 228 cm³/mol. The van der Waals surface area contributed by atoms with Crippen LogP contribution in [0.15, 0.2) is 104 Å². The Morgan fingerprint density at radius 1 is 0.545 bits per heavy atom. The number of hydrogen-bond acceptors (Lipinski definition) is 6. The van der Waals surface area contributed by atoms with Crippen molar-refractivity contribution in [1.29, 1.82) is 0 Å². The van der Waals surface area contributed by atoms with E-state index >= 15 is 0 Å². The highest BCUT2D eigenvalue weighted by Gasteiger charge is 2.22. The number of aromatic amines is 2. The minimum Gasteiger partial charge on any atom is -0.376 e. The van der Waals surface area contributed by atoms with Gasteiger partial charge in [-0.1, -0.05) is 30.4 Å². The van der Waals surface area contributed by atoms with Crippen molar-refractivity contribution in [3.63, 3.8) is 0 Å². The lowest BCUT2D eigenvalue weighted by molar-refractivity contribution is -0.114. The van der Waals surface area contributed by atoms with Crippen LogP contribution in [-0.2, 0) is 4.79 Å². The summed E-state index contributed by atoms with van der Waals surface area (Å²) in [5, 5.41) is 2.90. The van der Waals surface area contributed by atoms with Gasteiger partial charge in [0.05, 0.1) is 22.8 Å². The third-order valence-corrected chi connectivity index (χ3v) is 10.4. The molecule has 5 aliphatic rings. The van der Waals surface area contributed by atoms with Crippen LogP contribution in [0.3, 0.4) is 0 Å². The average molecular weight is 723 g/mol. The molecule has 5 aliphatic heterocycles. The molecule has 0 saturated carbocycles. The molecule has 0 unspecified atom stereocenters. The van der Waals surface area contributed by atoms with Crippen LogP contribution in [0.5, 0.6) is 0 Å². The van der Waals surface area contributed by atoms with Crippen LogP contribution in [0, 0.1) is 0 Å². The Kier molecular flexibility index (Phi) is 8.54. The number of amides is 1. The van der Waals surface area contributed by atoms with E-state index in [0.717, 1.165) is 98.0 Å². The molecule has 9 nitrogen and oxygen atoms in total. The molecular formula is C46H42N8O. The van der Waals surface area contributed by atoms with E-state index in [4.69, 9.17) is 9.97 Å². The van der Waals surface area contributed by atoms with Crippen molar-refractivity contribution in [2.75, 3.05) is 46.1 Å². The lowest BCUT2D eigenvalue weighted by Crippen LogP contribution is -2.17. The summed E-state index contributed by atoms with van der Waals surface area (Å²) in [5.74, 6) is -0.108. The number of nitrogens with zero attached hydrogens (tertiary/aromatic N) is 5. The number of aromatic nitrogens is 4. The van der Waals surface area contributed by atoms with Gasteiger partial charge in [-0.3, -0.25) is 4.79 Å². The van der Waals surface area contributed by atoms with Gasteiger partial charge < -0.3 is 30.0 Å². The summed E-state index contributed by atoms with van der Waals surface area (Å²) in [6.07, 6.45) is 27.7. The first kappa shape index (κ1) is 33.9. The summed E-state index contributed by atoms with van der Waals surface area (Å²) >= 11 is 0. The first-order chi connectivity index (χ1) is 26.8. The smallest absolute Gasteiger partial charge is 0.221 e. The van der Waals surface area contributed by atoms with Crippen molar-refractivity contribution in [3.05, 3.63) is 143 Å². The first-order valence-corrected chi connectivity index (χ1v) is 18.6. The number of benzene rings is 1. The summed E-state index contributed by atoms with van der Waals surface area (Å²) in [4.78, 5) is 37.0. The highest BCUT2D eigenvalue weighted by molar-refractivity contribution is 5.98. The Morgan fingerprint density at radius 2 is 0.909 bits per heavy atom. The fraction of sp³-hybridized carbons (Fsp3) is 0.152. The predicted octanol–water partition coefficient (Wildman–Crippen LogP) is 8.81. The molecule has 272 valence electrons. The highest BCUT2D eigenvalue weighted by atomic mass is 16.1. The molecule has 0 saturated heterocycles. The van der Waals surface area contributed by atoms with Crippen molar-refractivity contribution >= 4 is 74.7 Å². The van der Waals surface area contributed by atoms with Gasteiger partial charge in [0, 0.05) is 97.7 Å². The van der Waals surface area contributed by atoms with Gasteiger partial charge in [0.1, 0.15) is 0 Å². The maximum atomic E-state index is 11.9. The maximum absolute atomic E-state index is 11.9. The monoisotopic (exact) mass is 722 g/mol. The molecule has 0 radical (unpaired) electrons. The summed E-state index contributed by atoms with van der Waals surface area (Å²) in [6.45, 7) is 3.77. The van der Waals surface area contributed by atoms with Crippen molar-refractivity contribution in [2.24, 2.45) is 0 Å². The summed E-state index contributed by atoms with van der Waals surface area (Å²) < 4.78 is 0. The van der Waals surface area contributed by atoms with Gasteiger partial charge in [-0.15, -0.1) is 0 Å². The number of likely N-dealkylation sites (N-methyl/N-ethyl adjacent to an activating group) is 3. The minimum absolute atomic E-state index is 0.108. The molecule has 55 heavy (non-hydrogen) atoms.